The molecule has 3 saturated heterocycles. The third kappa shape index (κ3) is 4.43. The van der Waals surface area contributed by atoms with Crippen LogP contribution in [0.3, 0.4) is 0 Å². The average molecular weight is 360 g/mol. The van der Waals surface area contributed by atoms with Gasteiger partial charge in [-0.25, -0.2) is 8.78 Å². The highest BCUT2D eigenvalue weighted by atomic mass is 35.5. The number of nitrogens with one attached hydrogen (secondary N) is 1. The predicted molar refractivity (Wildman–Crippen MR) is 86.3 cm³/mol. The third-order valence-electron chi connectivity index (χ3n) is 4.79. The smallest absolute Gasteiger partial charge is 0.262 e. The number of alkyl halides is 2. The first-order chi connectivity index (χ1) is 9.55. The molecule has 0 saturated carbocycles. The molecule has 1 N–H and O–H groups in total. The van der Waals surface area contributed by atoms with Crippen molar-refractivity contribution in [3.63, 3.8) is 0 Å². The van der Waals surface area contributed by atoms with Crippen LogP contribution in [0.25, 0.3) is 0 Å². The summed E-state index contributed by atoms with van der Waals surface area (Å²) >= 11 is 0. The van der Waals surface area contributed by atoms with Crippen LogP contribution >= 0.6 is 24.8 Å². The second-order valence-corrected chi connectivity index (χ2v) is 6.32. The van der Waals surface area contributed by atoms with E-state index in [1.807, 2.05) is 0 Å². The summed E-state index contributed by atoms with van der Waals surface area (Å²) in [5, 5.41) is 2.66. The molecule has 3 heterocycles. The van der Waals surface area contributed by atoms with Crippen LogP contribution in [0.5, 0.6) is 0 Å². The number of carbonyl (C=O) groups excluding carboxylic acids is 1. The van der Waals surface area contributed by atoms with Crippen LogP contribution in [-0.4, -0.2) is 66.4 Å². The minimum absolute atomic E-state index is 0. The Bertz CT molecular complexity index is 381. The van der Waals surface area contributed by atoms with Crippen molar-refractivity contribution in [2.45, 2.75) is 50.1 Å². The standard InChI is InChI=1S/C14H23F2N3O.2ClH/c15-14(16)8-12(17-10-14)13(20)19-7-4-11(9-19)18-5-2-1-3-6-18;;/h11-12,17H,1-10H2;2*1H. The maximum Gasteiger partial charge on any atom is 0.262 e. The Balaban J connectivity index is 0.00000121. The molecule has 4 nitrogen and oxygen atoms in total. The van der Waals surface area contributed by atoms with Crippen molar-refractivity contribution in [2.75, 3.05) is 32.7 Å². The number of carbonyl (C=O) groups is 1. The predicted octanol–water partition coefficient (Wildman–Crippen LogP) is 1.91. The number of hydrogen-bond donors (Lipinski definition) is 1. The highest BCUT2D eigenvalue weighted by Gasteiger charge is 2.44. The molecule has 2 unspecified atom stereocenters. The number of piperidine rings is 1. The van der Waals surface area contributed by atoms with Crippen molar-refractivity contribution in [3.05, 3.63) is 0 Å². The number of halogens is 4. The van der Waals surface area contributed by atoms with Gasteiger partial charge in [0.1, 0.15) is 0 Å². The Morgan fingerprint density at radius 3 is 2.36 bits per heavy atom. The van der Waals surface area contributed by atoms with Gasteiger partial charge >= 0.3 is 0 Å². The maximum absolute atomic E-state index is 13.2. The molecule has 3 aliphatic heterocycles. The maximum atomic E-state index is 13.2. The molecular weight excluding hydrogens is 335 g/mol. The minimum Gasteiger partial charge on any atom is -0.340 e. The molecule has 0 aliphatic carbocycles. The van der Waals surface area contributed by atoms with Gasteiger partial charge in [-0.1, -0.05) is 6.42 Å². The first kappa shape index (κ1) is 19.9. The van der Waals surface area contributed by atoms with E-state index in [-0.39, 0.29) is 43.7 Å². The number of nitrogens with zero attached hydrogens (tertiary/aromatic N) is 2. The molecular formula is C14H25Cl2F2N3O. The average Bonchev–Trinajstić information content (AvgIpc) is 3.05. The summed E-state index contributed by atoms with van der Waals surface area (Å²) in [7, 11) is 0. The third-order valence-corrected chi connectivity index (χ3v) is 4.79. The zero-order valence-electron chi connectivity index (χ0n) is 12.6. The van der Waals surface area contributed by atoms with E-state index in [0.717, 1.165) is 19.5 Å². The van der Waals surface area contributed by atoms with Gasteiger partial charge < -0.3 is 4.90 Å². The van der Waals surface area contributed by atoms with Gasteiger partial charge in [-0.2, -0.15) is 0 Å². The van der Waals surface area contributed by atoms with Gasteiger partial charge in [0.15, 0.2) is 0 Å². The number of rotatable bonds is 2. The monoisotopic (exact) mass is 359 g/mol. The number of amides is 1. The zero-order chi connectivity index (χ0) is 14.2. The highest BCUT2D eigenvalue weighted by Crippen LogP contribution is 2.27. The molecule has 0 spiro atoms. The van der Waals surface area contributed by atoms with E-state index < -0.39 is 12.0 Å². The van der Waals surface area contributed by atoms with Crippen LogP contribution in [0.1, 0.15) is 32.1 Å². The lowest BCUT2D eigenvalue weighted by atomic mass is 10.1. The van der Waals surface area contributed by atoms with E-state index in [2.05, 4.69) is 10.2 Å². The lowest BCUT2D eigenvalue weighted by Gasteiger charge is -2.32. The fourth-order valence-corrected chi connectivity index (χ4v) is 3.63. The summed E-state index contributed by atoms with van der Waals surface area (Å²) in [6.45, 7) is 3.29. The van der Waals surface area contributed by atoms with Crippen LogP contribution in [0, 0.1) is 0 Å². The topological polar surface area (TPSA) is 35.6 Å². The van der Waals surface area contributed by atoms with Crippen molar-refractivity contribution < 1.29 is 13.6 Å². The SMILES string of the molecule is Cl.Cl.O=C(C1CC(F)(F)CN1)N1CCC(N2CCCCC2)C1. The summed E-state index contributed by atoms with van der Waals surface area (Å²) in [4.78, 5) is 16.5. The van der Waals surface area contributed by atoms with E-state index in [1.54, 1.807) is 4.90 Å². The van der Waals surface area contributed by atoms with E-state index in [1.165, 1.54) is 19.3 Å². The quantitative estimate of drug-likeness (QED) is 0.817. The number of hydrogen-bond acceptors (Lipinski definition) is 3. The molecule has 0 aromatic carbocycles. The van der Waals surface area contributed by atoms with Crippen LogP contribution in [-0.2, 0) is 4.79 Å². The van der Waals surface area contributed by atoms with Crippen molar-refractivity contribution in [3.8, 4) is 0 Å². The fourth-order valence-electron chi connectivity index (χ4n) is 3.63. The fraction of sp³-hybridized carbons (Fsp3) is 0.929. The molecule has 1 amide bonds. The Labute approximate surface area is 142 Å². The van der Waals surface area contributed by atoms with Gasteiger partial charge in [-0.3, -0.25) is 15.0 Å². The molecule has 0 bridgehead atoms. The Kier molecular flexibility index (Phi) is 7.30. The van der Waals surface area contributed by atoms with Crippen LogP contribution in [0.15, 0.2) is 0 Å². The molecule has 3 fully saturated rings. The highest BCUT2D eigenvalue weighted by molar-refractivity contribution is 5.85. The molecule has 0 aromatic rings. The second kappa shape index (κ2) is 8.08. The van der Waals surface area contributed by atoms with Crippen LogP contribution in [0.4, 0.5) is 8.78 Å². The van der Waals surface area contributed by atoms with Gasteiger partial charge in [0.05, 0.1) is 12.6 Å². The zero-order valence-corrected chi connectivity index (χ0v) is 14.2. The van der Waals surface area contributed by atoms with Crippen molar-refractivity contribution in [1.29, 1.82) is 0 Å². The van der Waals surface area contributed by atoms with Crippen LogP contribution < -0.4 is 5.32 Å². The van der Waals surface area contributed by atoms with E-state index >= 15 is 0 Å². The summed E-state index contributed by atoms with van der Waals surface area (Å²) in [6, 6.07) is -0.258. The van der Waals surface area contributed by atoms with Crippen molar-refractivity contribution in [2.24, 2.45) is 0 Å². The van der Waals surface area contributed by atoms with Gasteiger partial charge in [0, 0.05) is 25.6 Å². The molecule has 0 aromatic heterocycles. The van der Waals surface area contributed by atoms with Gasteiger partial charge in [-0.15, -0.1) is 24.8 Å². The van der Waals surface area contributed by atoms with Gasteiger partial charge in [0.25, 0.3) is 5.92 Å². The van der Waals surface area contributed by atoms with Crippen molar-refractivity contribution in [1.82, 2.24) is 15.1 Å². The summed E-state index contributed by atoms with van der Waals surface area (Å²) in [5.41, 5.74) is 0. The number of likely N-dealkylation sites (tertiary alicyclic amines) is 2. The molecule has 3 aliphatic rings. The summed E-state index contributed by atoms with van der Waals surface area (Å²) < 4.78 is 26.3. The summed E-state index contributed by atoms with van der Waals surface area (Å²) in [5.74, 6) is -2.87. The molecule has 22 heavy (non-hydrogen) atoms. The molecule has 0 radical (unpaired) electrons. The van der Waals surface area contributed by atoms with Gasteiger partial charge in [-0.05, 0) is 32.4 Å². The van der Waals surface area contributed by atoms with Gasteiger partial charge in [0.2, 0.25) is 5.91 Å². The normalized spacial score (nSPS) is 31.5. The lowest BCUT2D eigenvalue weighted by Crippen LogP contribution is -2.45. The molecule has 8 heteroatoms. The minimum atomic E-state index is -2.73. The molecule has 130 valence electrons. The molecule has 3 rings (SSSR count). The van der Waals surface area contributed by atoms with E-state index in [0.29, 0.717) is 19.1 Å². The van der Waals surface area contributed by atoms with Crippen molar-refractivity contribution >= 4 is 30.7 Å². The Hall–Kier alpha value is -0.170. The Morgan fingerprint density at radius 1 is 1.09 bits per heavy atom. The largest absolute Gasteiger partial charge is 0.340 e. The van der Waals surface area contributed by atoms with Crippen LogP contribution in [0.2, 0.25) is 0 Å². The lowest BCUT2D eigenvalue weighted by molar-refractivity contribution is -0.132. The Morgan fingerprint density at radius 2 is 1.77 bits per heavy atom. The molecule has 2 atom stereocenters. The second-order valence-electron chi connectivity index (χ2n) is 6.32. The first-order valence-corrected chi connectivity index (χ1v) is 7.69. The van der Waals surface area contributed by atoms with E-state index in [4.69, 9.17) is 0 Å². The first-order valence-electron chi connectivity index (χ1n) is 7.69. The van der Waals surface area contributed by atoms with E-state index in [9.17, 15) is 13.6 Å². The summed E-state index contributed by atoms with van der Waals surface area (Å²) in [6.07, 6.45) is 4.40.